The summed E-state index contributed by atoms with van der Waals surface area (Å²) in [4.78, 5) is 23.8. The Kier molecular flexibility index (Phi) is 6.74. The van der Waals surface area contributed by atoms with Crippen LogP contribution >= 0.6 is 0 Å². The third kappa shape index (κ3) is 4.74. The van der Waals surface area contributed by atoms with E-state index in [0.29, 0.717) is 44.5 Å². The van der Waals surface area contributed by atoms with Crippen LogP contribution in [0.3, 0.4) is 0 Å². The van der Waals surface area contributed by atoms with Crippen molar-refractivity contribution in [3.63, 3.8) is 0 Å². The van der Waals surface area contributed by atoms with Crippen molar-refractivity contribution in [1.82, 2.24) is 24.6 Å². The number of carbonyl (C=O) groups is 1. The third-order valence-corrected chi connectivity index (χ3v) is 5.10. The number of hydrogen-bond acceptors (Lipinski definition) is 6. The van der Waals surface area contributed by atoms with E-state index in [4.69, 9.17) is 14.5 Å². The first-order chi connectivity index (χ1) is 13.5. The monoisotopic (exact) mass is 387 g/mol. The molecular weight excluding hydrogens is 358 g/mol. The van der Waals surface area contributed by atoms with Gasteiger partial charge in [-0.1, -0.05) is 0 Å². The molecule has 1 saturated heterocycles. The number of nitrogens with zero attached hydrogens (tertiary/aromatic N) is 5. The molecular formula is C20H29N5O3. The molecule has 8 nitrogen and oxygen atoms in total. The van der Waals surface area contributed by atoms with E-state index >= 15 is 0 Å². The third-order valence-electron chi connectivity index (χ3n) is 5.10. The van der Waals surface area contributed by atoms with Gasteiger partial charge in [0.15, 0.2) is 0 Å². The van der Waals surface area contributed by atoms with Gasteiger partial charge in [0.25, 0.3) is 5.91 Å². The van der Waals surface area contributed by atoms with Gasteiger partial charge in [-0.3, -0.25) is 9.48 Å². The minimum Gasteiger partial charge on any atom is -0.382 e. The number of piperidine rings is 1. The summed E-state index contributed by atoms with van der Waals surface area (Å²) in [5.74, 6) is 1.11. The fraction of sp³-hybridized carbons (Fsp3) is 0.600. The van der Waals surface area contributed by atoms with Crippen LogP contribution < -0.4 is 0 Å². The fourth-order valence-electron chi connectivity index (χ4n) is 3.63. The molecule has 3 rings (SSSR count). The average Bonchev–Trinajstić information content (AvgIpc) is 3.04. The lowest BCUT2D eigenvalue weighted by Crippen LogP contribution is -2.39. The van der Waals surface area contributed by atoms with Gasteiger partial charge in [-0.15, -0.1) is 0 Å². The van der Waals surface area contributed by atoms with Gasteiger partial charge in [0.1, 0.15) is 11.5 Å². The van der Waals surface area contributed by atoms with Gasteiger partial charge >= 0.3 is 0 Å². The second-order valence-corrected chi connectivity index (χ2v) is 7.23. The number of rotatable bonds is 7. The quantitative estimate of drug-likeness (QED) is 0.676. The summed E-state index contributed by atoms with van der Waals surface area (Å²) in [5.41, 5.74) is 3.57. The van der Waals surface area contributed by atoms with Gasteiger partial charge in [0.05, 0.1) is 31.2 Å². The molecule has 3 heterocycles. The highest BCUT2D eigenvalue weighted by molar-refractivity contribution is 5.92. The second kappa shape index (κ2) is 9.25. The molecule has 1 amide bonds. The molecule has 1 aliphatic heterocycles. The molecule has 0 N–H and O–H groups in total. The number of aromatic nitrogens is 4. The van der Waals surface area contributed by atoms with Crippen molar-refractivity contribution in [1.29, 1.82) is 0 Å². The largest absolute Gasteiger partial charge is 0.382 e. The lowest BCUT2D eigenvalue weighted by molar-refractivity contribution is 0.0603. The van der Waals surface area contributed by atoms with Crippen LogP contribution in [0, 0.1) is 13.8 Å². The summed E-state index contributed by atoms with van der Waals surface area (Å²) < 4.78 is 12.4. The van der Waals surface area contributed by atoms with Crippen LogP contribution in [0.5, 0.6) is 0 Å². The van der Waals surface area contributed by atoms with Crippen LogP contribution in [0.4, 0.5) is 0 Å². The zero-order valence-electron chi connectivity index (χ0n) is 17.1. The molecule has 0 atom stereocenters. The molecule has 28 heavy (non-hydrogen) atoms. The topological polar surface area (TPSA) is 82.4 Å². The molecule has 0 aromatic carbocycles. The van der Waals surface area contributed by atoms with Crippen molar-refractivity contribution < 1.29 is 14.3 Å². The Labute approximate surface area is 165 Å². The molecule has 152 valence electrons. The minimum absolute atomic E-state index is 0.0449. The standard InChI is InChI=1S/C20H29N5O3/c1-14-11-18(24(3)23-14)20(26)25-7-5-16(6-8-25)19-17(12-21-15(2)22-19)13-28-10-9-27-4/h11-12,16H,5-10,13H2,1-4H3. The summed E-state index contributed by atoms with van der Waals surface area (Å²) in [6.45, 7) is 6.81. The number of ether oxygens (including phenoxy) is 2. The SMILES string of the molecule is COCCOCc1cnc(C)nc1C1CCN(C(=O)c2cc(C)nn2C)CC1. The van der Waals surface area contributed by atoms with Gasteiger partial charge < -0.3 is 14.4 Å². The molecule has 0 aliphatic carbocycles. The molecule has 0 saturated carbocycles. The van der Waals surface area contributed by atoms with Crippen molar-refractivity contribution in [2.24, 2.45) is 7.05 Å². The summed E-state index contributed by atoms with van der Waals surface area (Å²) in [6, 6.07) is 1.84. The lowest BCUT2D eigenvalue weighted by atomic mass is 9.90. The van der Waals surface area contributed by atoms with Gasteiger partial charge in [-0.25, -0.2) is 9.97 Å². The highest BCUT2D eigenvalue weighted by Gasteiger charge is 2.28. The van der Waals surface area contributed by atoms with E-state index in [0.717, 1.165) is 35.6 Å². The number of amides is 1. The van der Waals surface area contributed by atoms with E-state index in [1.54, 1.807) is 11.8 Å². The minimum atomic E-state index is 0.0449. The molecule has 0 bridgehead atoms. The Morgan fingerprint density at radius 3 is 2.64 bits per heavy atom. The summed E-state index contributed by atoms with van der Waals surface area (Å²) in [7, 11) is 3.47. The molecule has 0 radical (unpaired) electrons. The van der Waals surface area contributed by atoms with E-state index in [2.05, 4.69) is 10.1 Å². The van der Waals surface area contributed by atoms with Crippen molar-refractivity contribution in [2.45, 2.75) is 39.2 Å². The van der Waals surface area contributed by atoms with Crippen LogP contribution in [0.15, 0.2) is 12.3 Å². The van der Waals surface area contributed by atoms with Crippen LogP contribution in [-0.2, 0) is 23.1 Å². The van der Waals surface area contributed by atoms with E-state index in [1.165, 1.54) is 0 Å². The summed E-state index contributed by atoms with van der Waals surface area (Å²) >= 11 is 0. The highest BCUT2D eigenvalue weighted by atomic mass is 16.5. The highest BCUT2D eigenvalue weighted by Crippen LogP contribution is 2.30. The molecule has 0 spiro atoms. The van der Waals surface area contributed by atoms with Crippen LogP contribution in [-0.4, -0.2) is 64.0 Å². The van der Waals surface area contributed by atoms with Crippen LogP contribution in [0.2, 0.25) is 0 Å². The zero-order chi connectivity index (χ0) is 20.1. The van der Waals surface area contributed by atoms with Crippen molar-refractivity contribution in [3.8, 4) is 0 Å². The Morgan fingerprint density at radius 1 is 1.25 bits per heavy atom. The zero-order valence-corrected chi connectivity index (χ0v) is 17.1. The van der Waals surface area contributed by atoms with E-state index < -0.39 is 0 Å². The number of aryl methyl sites for hydroxylation is 3. The molecule has 1 fully saturated rings. The maximum atomic E-state index is 12.8. The molecule has 0 unspecified atom stereocenters. The predicted molar refractivity (Wildman–Crippen MR) is 104 cm³/mol. The maximum Gasteiger partial charge on any atom is 0.272 e. The van der Waals surface area contributed by atoms with Crippen molar-refractivity contribution in [2.75, 3.05) is 33.4 Å². The Bertz CT molecular complexity index is 812. The normalized spacial score (nSPS) is 15.2. The fourth-order valence-corrected chi connectivity index (χ4v) is 3.63. The first kappa shape index (κ1) is 20.4. The van der Waals surface area contributed by atoms with Crippen LogP contribution in [0.25, 0.3) is 0 Å². The molecule has 2 aromatic heterocycles. The van der Waals surface area contributed by atoms with E-state index in [9.17, 15) is 4.79 Å². The number of hydrogen-bond donors (Lipinski definition) is 0. The van der Waals surface area contributed by atoms with Crippen molar-refractivity contribution >= 4 is 5.91 Å². The number of methoxy groups -OCH3 is 1. The maximum absolute atomic E-state index is 12.8. The number of carbonyl (C=O) groups excluding carboxylic acids is 1. The van der Waals surface area contributed by atoms with Crippen molar-refractivity contribution in [3.05, 3.63) is 40.7 Å². The smallest absolute Gasteiger partial charge is 0.272 e. The van der Waals surface area contributed by atoms with Gasteiger partial charge in [0.2, 0.25) is 0 Å². The van der Waals surface area contributed by atoms with E-state index in [1.807, 2.05) is 38.1 Å². The first-order valence-corrected chi connectivity index (χ1v) is 9.68. The average molecular weight is 387 g/mol. The Morgan fingerprint density at radius 2 is 2.00 bits per heavy atom. The first-order valence-electron chi connectivity index (χ1n) is 9.68. The summed E-state index contributed by atoms with van der Waals surface area (Å²) in [6.07, 6.45) is 3.62. The van der Waals surface area contributed by atoms with Gasteiger partial charge in [-0.2, -0.15) is 5.10 Å². The molecule has 1 aliphatic rings. The second-order valence-electron chi connectivity index (χ2n) is 7.23. The Hall–Kier alpha value is -2.32. The number of likely N-dealkylation sites (tertiary alicyclic amines) is 1. The molecule has 2 aromatic rings. The predicted octanol–water partition coefficient (Wildman–Crippen LogP) is 2.01. The van der Waals surface area contributed by atoms with Gasteiger partial charge in [0, 0.05) is 44.9 Å². The van der Waals surface area contributed by atoms with E-state index in [-0.39, 0.29) is 5.91 Å². The Balaban J connectivity index is 1.65. The van der Waals surface area contributed by atoms with Gasteiger partial charge in [-0.05, 0) is 32.8 Å². The van der Waals surface area contributed by atoms with Crippen LogP contribution in [0.1, 0.15) is 52.0 Å². The lowest BCUT2D eigenvalue weighted by Gasteiger charge is -2.32. The summed E-state index contributed by atoms with van der Waals surface area (Å²) in [5, 5.41) is 4.28. The molecule has 8 heteroatoms.